The topological polar surface area (TPSA) is 35.6 Å². The second kappa shape index (κ2) is 12.7. The Hall–Kier alpha value is -4.01. The van der Waals surface area contributed by atoms with Gasteiger partial charge in [-0.05, 0) is 13.8 Å². The van der Waals surface area contributed by atoms with E-state index in [9.17, 15) is 0 Å². The summed E-state index contributed by atoms with van der Waals surface area (Å²) in [6, 6.07) is 35.9. The zero-order valence-corrected chi connectivity index (χ0v) is 24.8. The molecule has 0 aliphatic carbocycles. The van der Waals surface area contributed by atoms with Crippen LogP contribution >= 0.6 is 0 Å². The van der Waals surface area contributed by atoms with Gasteiger partial charge >= 0.3 is 21.1 Å². The normalized spacial score (nSPS) is 10.4. The molecule has 4 nitrogen and oxygen atoms in total. The molecule has 0 saturated carbocycles. The van der Waals surface area contributed by atoms with Crippen molar-refractivity contribution < 1.29 is 21.1 Å². The number of hydrogen-bond donors (Lipinski definition) is 0. The van der Waals surface area contributed by atoms with Crippen LogP contribution < -0.4 is 0 Å². The van der Waals surface area contributed by atoms with Crippen molar-refractivity contribution in [3.8, 4) is 45.0 Å². The van der Waals surface area contributed by atoms with Crippen molar-refractivity contribution in [2.75, 3.05) is 0 Å². The molecule has 0 radical (unpaired) electrons. The quantitative estimate of drug-likeness (QED) is 0.178. The van der Waals surface area contributed by atoms with Crippen molar-refractivity contribution in [2.45, 2.75) is 13.8 Å². The van der Waals surface area contributed by atoms with Crippen molar-refractivity contribution in [1.29, 1.82) is 0 Å². The van der Waals surface area contributed by atoms with Gasteiger partial charge in [-0.1, -0.05) is 81.9 Å². The first kappa shape index (κ1) is 28.0. The van der Waals surface area contributed by atoms with Crippen LogP contribution in [0.25, 0.3) is 45.0 Å². The van der Waals surface area contributed by atoms with E-state index >= 15 is 0 Å². The summed E-state index contributed by atoms with van der Waals surface area (Å²) < 4.78 is 4.00. The van der Waals surface area contributed by atoms with Crippen molar-refractivity contribution in [3.63, 3.8) is 0 Å². The molecular formula is C34H30N4Pt. The molecule has 0 aliphatic heterocycles. The first-order valence-corrected chi connectivity index (χ1v) is 12.6. The van der Waals surface area contributed by atoms with Gasteiger partial charge in [0.1, 0.15) is 0 Å². The maximum absolute atomic E-state index is 4.34. The van der Waals surface area contributed by atoms with Gasteiger partial charge in [0.15, 0.2) is 0 Å². The zero-order chi connectivity index (χ0) is 26.5. The molecule has 0 spiro atoms. The number of rotatable bonds is 4. The van der Waals surface area contributed by atoms with E-state index in [4.69, 9.17) is 0 Å². The first-order valence-electron chi connectivity index (χ1n) is 12.6. The average molecular weight is 690 g/mol. The predicted molar refractivity (Wildman–Crippen MR) is 155 cm³/mol. The van der Waals surface area contributed by atoms with Crippen LogP contribution in [0.15, 0.2) is 110 Å². The molecule has 196 valence electrons. The van der Waals surface area contributed by atoms with E-state index in [0.717, 1.165) is 22.8 Å². The second-order valence-electron chi connectivity index (χ2n) is 9.34. The van der Waals surface area contributed by atoms with Crippen molar-refractivity contribution in [3.05, 3.63) is 133 Å². The molecule has 0 N–H and O–H groups in total. The number of benzene rings is 4. The van der Waals surface area contributed by atoms with Gasteiger partial charge in [-0.3, -0.25) is 9.97 Å². The van der Waals surface area contributed by atoms with Crippen LogP contribution in [0.2, 0.25) is 0 Å². The standard InChI is InChI=1S/2C17H15N2.Pt/c2*1-13-5-3-4-6-16(13)14-7-9-15(10-8-14)17-18-11-12-19(17)2;/h2*3-9,11-12H,1-2H3;/q2*-1;+2. The minimum absolute atomic E-state index is 0. The Balaban J connectivity index is 0.000000176. The Morgan fingerprint density at radius 1 is 0.564 bits per heavy atom. The van der Waals surface area contributed by atoms with Crippen LogP contribution in [-0.4, -0.2) is 19.1 Å². The van der Waals surface area contributed by atoms with Gasteiger partial charge in [-0.25, -0.2) is 0 Å². The largest absolute Gasteiger partial charge is 2.00 e. The van der Waals surface area contributed by atoms with E-state index in [1.807, 2.05) is 47.8 Å². The SMILES string of the molecule is Cc1ccccc1-c1c[c-]c(-c2nccn2C)cc1.Cc1ccccc1-c1c[c-]c(-c2nccn2C)cc1.[Pt+2]. The average Bonchev–Trinajstić information content (AvgIpc) is 3.58. The summed E-state index contributed by atoms with van der Waals surface area (Å²) in [5.74, 6) is 1.88. The Kier molecular flexibility index (Phi) is 9.11. The molecule has 6 aromatic rings. The number of aryl methyl sites for hydroxylation is 4. The predicted octanol–water partition coefficient (Wildman–Crippen LogP) is 7.72. The summed E-state index contributed by atoms with van der Waals surface area (Å²) in [7, 11) is 3.98. The maximum Gasteiger partial charge on any atom is 2.00 e. The Bertz CT molecular complexity index is 1520. The summed E-state index contributed by atoms with van der Waals surface area (Å²) in [5.41, 5.74) is 9.48. The third-order valence-corrected chi connectivity index (χ3v) is 6.66. The summed E-state index contributed by atoms with van der Waals surface area (Å²) in [6.45, 7) is 4.25. The Labute approximate surface area is 245 Å². The molecule has 0 saturated heterocycles. The van der Waals surface area contributed by atoms with Crippen molar-refractivity contribution in [2.24, 2.45) is 14.1 Å². The molecule has 0 amide bonds. The van der Waals surface area contributed by atoms with Crippen LogP contribution in [-0.2, 0) is 35.2 Å². The number of hydrogen-bond acceptors (Lipinski definition) is 2. The van der Waals surface area contributed by atoms with E-state index in [-0.39, 0.29) is 21.1 Å². The first-order chi connectivity index (χ1) is 18.5. The molecule has 0 unspecified atom stereocenters. The van der Waals surface area contributed by atoms with Gasteiger partial charge in [0.25, 0.3) is 0 Å². The van der Waals surface area contributed by atoms with Crippen LogP contribution in [0.4, 0.5) is 0 Å². The zero-order valence-electron chi connectivity index (χ0n) is 22.5. The summed E-state index contributed by atoms with van der Waals surface area (Å²) in [6.07, 6.45) is 7.49. The van der Waals surface area contributed by atoms with E-state index in [2.05, 4.69) is 109 Å². The van der Waals surface area contributed by atoms with Crippen LogP contribution in [0.5, 0.6) is 0 Å². The van der Waals surface area contributed by atoms with E-state index < -0.39 is 0 Å². The molecule has 0 bridgehead atoms. The molecule has 6 rings (SSSR count). The van der Waals surface area contributed by atoms with E-state index in [0.29, 0.717) is 0 Å². The molecule has 2 heterocycles. The van der Waals surface area contributed by atoms with Gasteiger partial charge in [-0.15, -0.1) is 59.7 Å². The minimum Gasteiger partial charge on any atom is -0.373 e. The van der Waals surface area contributed by atoms with Gasteiger partial charge in [-0.2, -0.15) is 0 Å². The number of nitrogens with zero attached hydrogens (tertiary/aromatic N) is 4. The van der Waals surface area contributed by atoms with Gasteiger partial charge in [0.05, 0.1) is 11.6 Å². The Morgan fingerprint density at radius 2 is 0.974 bits per heavy atom. The summed E-state index contributed by atoms with van der Waals surface area (Å²) >= 11 is 0. The summed E-state index contributed by atoms with van der Waals surface area (Å²) in [5, 5.41) is 0. The monoisotopic (exact) mass is 689 g/mol. The van der Waals surface area contributed by atoms with Crippen LogP contribution in [0, 0.1) is 26.0 Å². The molecular weight excluding hydrogens is 659 g/mol. The third kappa shape index (κ3) is 6.35. The molecule has 0 fully saturated rings. The fraction of sp³-hybridized carbons (Fsp3) is 0.118. The van der Waals surface area contributed by atoms with Crippen LogP contribution in [0.3, 0.4) is 0 Å². The van der Waals surface area contributed by atoms with Gasteiger partial charge in [0.2, 0.25) is 0 Å². The third-order valence-electron chi connectivity index (χ3n) is 6.66. The van der Waals surface area contributed by atoms with Crippen molar-refractivity contribution >= 4 is 0 Å². The second-order valence-corrected chi connectivity index (χ2v) is 9.34. The Morgan fingerprint density at radius 3 is 1.28 bits per heavy atom. The van der Waals surface area contributed by atoms with E-state index in [1.54, 1.807) is 12.4 Å². The fourth-order valence-electron chi connectivity index (χ4n) is 4.51. The smallest absolute Gasteiger partial charge is 0.373 e. The molecule has 0 aliphatic rings. The van der Waals surface area contributed by atoms with E-state index in [1.165, 1.54) is 33.4 Å². The minimum atomic E-state index is 0. The fourth-order valence-corrected chi connectivity index (χ4v) is 4.51. The molecule has 5 heteroatoms. The van der Waals surface area contributed by atoms with Gasteiger partial charge < -0.3 is 9.13 Å². The van der Waals surface area contributed by atoms with Crippen LogP contribution in [0.1, 0.15) is 11.1 Å². The van der Waals surface area contributed by atoms with Gasteiger partial charge in [0, 0.05) is 38.9 Å². The maximum atomic E-state index is 4.34. The number of aromatic nitrogens is 4. The van der Waals surface area contributed by atoms with Crippen molar-refractivity contribution in [1.82, 2.24) is 19.1 Å². The molecule has 0 atom stereocenters. The number of imidazole rings is 2. The molecule has 2 aromatic heterocycles. The molecule has 4 aromatic carbocycles. The molecule has 39 heavy (non-hydrogen) atoms. The summed E-state index contributed by atoms with van der Waals surface area (Å²) in [4.78, 5) is 8.68.